The summed E-state index contributed by atoms with van der Waals surface area (Å²) in [5, 5.41) is 3.44. The van der Waals surface area contributed by atoms with Crippen molar-refractivity contribution in [1.29, 1.82) is 0 Å². The van der Waals surface area contributed by atoms with Crippen LogP contribution in [0.1, 0.15) is 46.1 Å². The van der Waals surface area contributed by atoms with Gasteiger partial charge in [0.25, 0.3) is 5.91 Å². The van der Waals surface area contributed by atoms with Crippen molar-refractivity contribution < 1.29 is 9.53 Å². The number of carbonyl (C=O) groups is 1. The van der Waals surface area contributed by atoms with Crippen LogP contribution in [-0.4, -0.2) is 31.2 Å². The van der Waals surface area contributed by atoms with E-state index in [9.17, 15) is 4.79 Å². The molecule has 124 valence electrons. The van der Waals surface area contributed by atoms with Crippen LogP contribution in [0.25, 0.3) is 5.57 Å². The van der Waals surface area contributed by atoms with Crippen LogP contribution in [0, 0.1) is 0 Å². The first-order chi connectivity index (χ1) is 11.0. The van der Waals surface area contributed by atoms with E-state index < -0.39 is 0 Å². The monoisotopic (exact) mass is 314 g/mol. The zero-order valence-electron chi connectivity index (χ0n) is 14.5. The van der Waals surface area contributed by atoms with E-state index in [-0.39, 0.29) is 11.9 Å². The van der Waals surface area contributed by atoms with Gasteiger partial charge >= 0.3 is 0 Å². The maximum atomic E-state index is 13.0. The highest BCUT2D eigenvalue weighted by Crippen LogP contribution is 2.42. The van der Waals surface area contributed by atoms with Gasteiger partial charge < -0.3 is 15.0 Å². The number of nitrogens with one attached hydrogen (secondary N) is 1. The average Bonchev–Trinajstić information content (AvgIpc) is 2.79. The molecular weight excluding hydrogens is 288 g/mol. The first-order valence-electron chi connectivity index (χ1n) is 8.53. The molecule has 2 aliphatic rings. The Balaban J connectivity index is 2.10. The molecule has 1 aromatic rings. The van der Waals surface area contributed by atoms with Crippen LogP contribution in [0.15, 0.2) is 23.8 Å². The van der Waals surface area contributed by atoms with Crippen LogP contribution in [0.5, 0.6) is 0 Å². The summed E-state index contributed by atoms with van der Waals surface area (Å²) >= 11 is 0. The van der Waals surface area contributed by atoms with Crippen LogP contribution < -0.4 is 10.2 Å². The summed E-state index contributed by atoms with van der Waals surface area (Å²) in [6, 6.07) is 6.80. The van der Waals surface area contributed by atoms with Gasteiger partial charge in [0, 0.05) is 28.9 Å². The predicted octanol–water partition coefficient (Wildman–Crippen LogP) is 3.83. The predicted molar refractivity (Wildman–Crippen MR) is 94.8 cm³/mol. The molecule has 3 rings (SSSR count). The van der Waals surface area contributed by atoms with E-state index in [2.05, 4.69) is 51.2 Å². The number of rotatable bonds is 3. The quantitative estimate of drug-likeness (QED) is 0.862. The van der Waals surface area contributed by atoms with E-state index in [1.54, 1.807) is 0 Å². The van der Waals surface area contributed by atoms with Gasteiger partial charge in [0.1, 0.15) is 0 Å². The molecule has 0 unspecified atom stereocenters. The molecule has 4 heteroatoms. The largest absolute Gasteiger partial charge is 0.383 e. The van der Waals surface area contributed by atoms with Gasteiger partial charge in [0.2, 0.25) is 0 Å². The molecule has 0 aliphatic carbocycles. The standard InChI is InChI=1S/C19H26N2O2/c1-12(2)20-15-5-6-17-16(11-15)18(14-7-9-23-10-8-14)19(22)21(17)13(3)4/h5-6,11-13,20H,7-10H2,1-4H3. The lowest BCUT2D eigenvalue weighted by molar-refractivity contribution is -0.113. The minimum Gasteiger partial charge on any atom is -0.383 e. The van der Waals surface area contributed by atoms with Crippen LogP contribution in [-0.2, 0) is 9.53 Å². The molecule has 1 fully saturated rings. The molecular formula is C19H26N2O2. The van der Waals surface area contributed by atoms with E-state index in [4.69, 9.17) is 4.74 Å². The molecule has 23 heavy (non-hydrogen) atoms. The highest BCUT2D eigenvalue weighted by molar-refractivity contribution is 6.33. The van der Waals surface area contributed by atoms with Crippen LogP contribution in [0.2, 0.25) is 0 Å². The maximum Gasteiger partial charge on any atom is 0.259 e. The minimum absolute atomic E-state index is 0.147. The second-order valence-corrected chi connectivity index (χ2v) is 6.89. The lowest BCUT2D eigenvalue weighted by atomic mass is 9.95. The Morgan fingerprint density at radius 1 is 1.13 bits per heavy atom. The molecule has 0 atom stereocenters. The van der Waals surface area contributed by atoms with Crippen molar-refractivity contribution in [3.8, 4) is 0 Å². The van der Waals surface area contributed by atoms with Gasteiger partial charge in [-0.3, -0.25) is 4.79 Å². The number of fused-ring (bicyclic) bond motifs is 1. The fraction of sp³-hybridized carbons (Fsp3) is 0.526. The molecule has 0 radical (unpaired) electrons. The summed E-state index contributed by atoms with van der Waals surface area (Å²) in [7, 11) is 0. The fourth-order valence-electron chi connectivity index (χ4n) is 3.44. The number of ether oxygens (including phenoxy) is 1. The lowest BCUT2D eigenvalue weighted by Crippen LogP contribution is -2.33. The fourth-order valence-corrected chi connectivity index (χ4v) is 3.44. The van der Waals surface area contributed by atoms with Crippen LogP contribution in [0.3, 0.4) is 0 Å². The molecule has 1 saturated heterocycles. The van der Waals surface area contributed by atoms with Crippen molar-refractivity contribution in [3.05, 3.63) is 29.3 Å². The molecule has 1 amide bonds. The summed E-state index contributed by atoms with van der Waals surface area (Å²) in [6.07, 6.45) is 1.71. The number of carbonyl (C=O) groups excluding carboxylic acids is 1. The van der Waals surface area contributed by atoms with E-state index in [0.717, 1.165) is 35.4 Å². The molecule has 0 spiro atoms. The minimum atomic E-state index is 0.147. The zero-order valence-corrected chi connectivity index (χ0v) is 14.5. The van der Waals surface area contributed by atoms with Crippen molar-refractivity contribution in [2.75, 3.05) is 23.4 Å². The van der Waals surface area contributed by atoms with Gasteiger partial charge in [-0.05, 0) is 58.7 Å². The number of benzene rings is 1. The molecule has 0 saturated carbocycles. The Morgan fingerprint density at radius 3 is 2.43 bits per heavy atom. The number of nitrogens with zero attached hydrogens (tertiary/aromatic N) is 1. The Labute approximate surface area is 138 Å². The Bertz CT molecular complexity index is 639. The van der Waals surface area contributed by atoms with E-state index >= 15 is 0 Å². The van der Waals surface area contributed by atoms with E-state index in [1.807, 2.05) is 4.90 Å². The second kappa shape index (κ2) is 6.36. The summed E-state index contributed by atoms with van der Waals surface area (Å²) in [5.74, 6) is 0.147. The average molecular weight is 314 g/mol. The van der Waals surface area contributed by atoms with Gasteiger partial charge in [0.15, 0.2) is 0 Å². The van der Waals surface area contributed by atoms with Crippen molar-refractivity contribution in [2.45, 2.75) is 52.6 Å². The summed E-state index contributed by atoms with van der Waals surface area (Å²) in [4.78, 5) is 15.0. The van der Waals surface area contributed by atoms with Crippen molar-refractivity contribution in [1.82, 2.24) is 0 Å². The third kappa shape index (κ3) is 3.00. The SMILES string of the molecule is CC(C)Nc1ccc2c(c1)C(=C1CCOCC1)C(=O)N2C(C)C. The number of hydrogen-bond acceptors (Lipinski definition) is 3. The van der Waals surface area contributed by atoms with Crippen LogP contribution >= 0.6 is 0 Å². The topological polar surface area (TPSA) is 41.6 Å². The van der Waals surface area contributed by atoms with Crippen LogP contribution in [0.4, 0.5) is 11.4 Å². The summed E-state index contributed by atoms with van der Waals surface area (Å²) < 4.78 is 5.46. The third-order valence-corrected chi connectivity index (χ3v) is 4.38. The summed E-state index contributed by atoms with van der Waals surface area (Å²) in [6.45, 7) is 9.81. The Hall–Kier alpha value is -1.81. The summed E-state index contributed by atoms with van der Waals surface area (Å²) in [5.41, 5.74) is 5.33. The van der Waals surface area contributed by atoms with Crippen molar-refractivity contribution >= 4 is 22.9 Å². The van der Waals surface area contributed by atoms with Gasteiger partial charge in [0.05, 0.1) is 18.9 Å². The molecule has 1 N–H and O–H groups in total. The molecule has 4 nitrogen and oxygen atoms in total. The van der Waals surface area contributed by atoms with E-state index in [0.29, 0.717) is 19.3 Å². The third-order valence-electron chi connectivity index (χ3n) is 4.38. The van der Waals surface area contributed by atoms with Gasteiger partial charge in [-0.15, -0.1) is 0 Å². The van der Waals surface area contributed by atoms with E-state index in [1.165, 1.54) is 5.57 Å². The second-order valence-electron chi connectivity index (χ2n) is 6.89. The van der Waals surface area contributed by atoms with Gasteiger partial charge in [-0.25, -0.2) is 0 Å². The number of amides is 1. The van der Waals surface area contributed by atoms with Crippen molar-refractivity contribution in [2.24, 2.45) is 0 Å². The molecule has 0 aromatic heterocycles. The van der Waals surface area contributed by atoms with Gasteiger partial charge in [-0.2, -0.15) is 0 Å². The van der Waals surface area contributed by atoms with Gasteiger partial charge in [-0.1, -0.05) is 5.57 Å². The molecule has 0 bridgehead atoms. The first-order valence-corrected chi connectivity index (χ1v) is 8.53. The first kappa shape index (κ1) is 16.1. The maximum absolute atomic E-state index is 13.0. The molecule has 2 aliphatic heterocycles. The molecule has 2 heterocycles. The number of anilines is 2. The number of hydrogen-bond donors (Lipinski definition) is 1. The zero-order chi connectivity index (χ0) is 16.6. The highest BCUT2D eigenvalue weighted by Gasteiger charge is 2.36. The lowest BCUT2D eigenvalue weighted by Gasteiger charge is -2.22. The van der Waals surface area contributed by atoms with Crippen molar-refractivity contribution in [3.63, 3.8) is 0 Å². The Morgan fingerprint density at radius 2 is 1.83 bits per heavy atom. The smallest absolute Gasteiger partial charge is 0.259 e. The Kier molecular flexibility index (Phi) is 4.44. The normalized spacial score (nSPS) is 18.2. The highest BCUT2D eigenvalue weighted by atomic mass is 16.5. The molecule has 1 aromatic carbocycles.